The molecule has 8 heteroatoms. The van der Waals surface area contributed by atoms with E-state index in [2.05, 4.69) is 0 Å². The Labute approximate surface area is 162 Å². The Kier molecular flexibility index (Phi) is 3.83. The molecule has 6 aliphatic rings. The third-order valence-electron chi connectivity index (χ3n) is 7.68. The second-order valence-electron chi connectivity index (χ2n) is 8.63. The quantitative estimate of drug-likeness (QED) is 0.515. The summed E-state index contributed by atoms with van der Waals surface area (Å²) in [6.07, 6.45) is 3.91. The average Bonchev–Trinajstić information content (AvgIpc) is 2.87. The lowest BCUT2D eigenvalue weighted by Gasteiger charge is -2.64. The molecule has 4 bridgehead atoms. The molecule has 1 unspecified atom stereocenters. The van der Waals surface area contributed by atoms with E-state index in [1.54, 1.807) is 13.2 Å². The molecule has 152 valence electrons. The lowest BCUT2D eigenvalue weighted by molar-refractivity contribution is -0.258. The van der Waals surface area contributed by atoms with Gasteiger partial charge in [-0.25, -0.2) is 4.79 Å². The van der Waals surface area contributed by atoms with Gasteiger partial charge in [-0.3, -0.25) is 9.59 Å². The molecule has 2 heterocycles. The first-order chi connectivity index (χ1) is 13.4. The van der Waals surface area contributed by atoms with Gasteiger partial charge in [0.1, 0.15) is 25.6 Å². The smallest absolute Gasteiger partial charge is 0.339 e. The van der Waals surface area contributed by atoms with E-state index in [4.69, 9.17) is 23.7 Å². The molecular formula is C20H24O8. The highest BCUT2D eigenvalue weighted by atomic mass is 16.7. The van der Waals surface area contributed by atoms with Gasteiger partial charge in [0.25, 0.3) is 0 Å². The first-order valence-corrected chi connectivity index (χ1v) is 9.75. The van der Waals surface area contributed by atoms with Crippen molar-refractivity contribution in [3.8, 4) is 0 Å². The van der Waals surface area contributed by atoms with E-state index in [-0.39, 0.29) is 31.2 Å². The SMILES string of the molecule is COCOC1C[C@@]23CC[C@@H]1C[C@@]21O[C@H]2C(=O)C=C[C@H](OC(C)=O)[C@]23COC1=O. The summed E-state index contributed by atoms with van der Waals surface area (Å²) in [5.41, 5.74) is -2.81. The van der Waals surface area contributed by atoms with Gasteiger partial charge in [0.2, 0.25) is 0 Å². The first-order valence-electron chi connectivity index (χ1n) is 9.75. The maximum absolute atomic E-state index is 13.0. The number of esters is 2. The van der Waals surface area contributed by atoms with Gasteiger partial charge in [-0.1, -0.05) is 0 Å². The van der Waals surface area contributed by atoms with Gasteiger partial charge in [0.15, 0.2) is 11.4 Å². The van der Waals surface area contributed by atoms with Crippen molar-refractivity contribution >= 4 is 17.7 Å². The zero-order valence-electron chi connectivity index (χ0n) is 16.0. The summed E-state index contributed by atoms with van der Waals surface area (Å²) >= 11 is 0. The van der Waals surface area contributed by atoms with Crippen molar-refractivity contribution < 1.29 is 38.1 Å². The second-order valence-corrected chi connectivity index (χ2v) is 8.63. The van der Waals surface area contributed by atoms with Crippen LogP contribution in [0.1, 0.15) is 32.6 Å². The molecule has 6 rings (SSSR count). The minimum absolute atomic E-state index is 0.00601. The molecule has 28 heavy (non-hydrogen) atoms. The summed E-state index contributed by atoms with van der Waals surface area (Å²) in [5.74, 6) is -0.936. The maximum atomic E-state index is 13.0. The molecule has 2 aliphatic heterocycles. The van der Waals surface area contributed by atoms with Crippen molar-refractivity contribution in [2.45, 2.75) is 56.5 Å². The highest BCUT2D eigenvalue weighted by Gasteiger charge is 2.85. The molecule has 0 aromatic carbocycles. The minimum Gasteiger partial charge on any atom is -0.463 e. The number of fused-ring (bicyclic) bond motifs is 2. The molecule has 7 atom stereocenters. The molecule has 2 spiro atoms. The predicted octanol–water partition coefficient (Wildman–Crippen LogP) is 0.917. The van der Waals surface area contributed by atoms with Gasteiger partial charge >= 0.3 is 11.9 Å². The fourth-order valence-corrected chi connectivity index (χ4v) is 6.68. The molecule has 5 fully saturated rings. The summed E-state index contributed by atoms with van der Waals surface area (Å²) < 4.78 is 28.6. The van der Waals surface area contributed by atoms with Gasteiger partial charge in [0, 0.05) is 19.4 Å². The highest BCUT2D eigenvalue weighted by Crippen LogP contribution is 2.75. The number of ketones is 1. The molecule has 4 aliphatic carbocycles. The van der Waals surface area contributed by atoms with Gasteiger partial charge in [-0.15, -0.1) is 0 Å². The van der Waals surface area contributed by atoms with Crippen LogP contribution in [0.15, 0.2) is 12.2 Å². The predicted molar refractivity (Wildman–Crippen MR) is 91.8 cm³/mol. The van der Waals surface area contributed by atoms with Gasteiger partial charge < -0.3 is 23.7 Å². The number of hydrogen-bond acceptors (Lipinski definition) is 8. The van der Waals surface area contributed by atoms with Crippen molar-refractivity contribution in [1.29, 1.82) is 0 Å². The van der Waals surface area contributed by atoms with Crippen molar-refractivity contribution in [2.75, 3.05) is 20.5 Å². The monoisotopic (exact) mass is 392 g/mol. The Balaban J connectivity index is 1.66. The summed E-state index contributed by atoms with van der Waals surface area (Å²) in [6, 6.07) is 0. The van der Waals surface area contributed by atoms with Crippen molar-refractivity contribution in [3.05, 3.63) is 12.2 Å². The van der Waals surface area contributed by atoms with E-state index in [9.17, 15) is 14.4 Å². The molecule has 0 N–H and O–H groups in total. The Bertz CT molecular complexity index is 776. The maximum Gasteiger partial charge on any atom is 0.339 e. The van der Waals surface area contributed by atoms with Crippen LogP contribution in [0.3, 0.4) is 0 Å². The van der Waals surface area contributed by atoms with Crippen molar-refractivity contribution in [1.82, 2.24) is 0 Å². The molecule has 0 radical (unpaired) electrons. The zero-order valence-corrected chi connectivity index (χ0v) is 16.0. The highest BCUT2D eigenvalue weighted by molar-refractivity contribution is 5.98. The van der Waals surface area contributed by atoms with Crippen LogP contribution in [0, 0.1) is 16.7 Å². The van der Waals surface area contributed by atoms with Crippen molar-refractivity contribution in [3.63, 3.8) is 0 Å². The van der Waals surface area contributed by atoms with Crippen LogP contribution in [-0.4, -0.2) is 62.1 Å². The third kappa shape index (κ3) is 1.93. The van der Waals surface area contributed by atoms with E-state index in [1.165, 1.54) is 13.0 Å². The topological polar surface area (TPSA) is 97.4 Å². The fraction of sp³-hybridized carbons (Fsp3) is 0.750. The summed E-state index contributed by atoms with van der Waals surface area (Å²) in [4.78, 5) is 37.7. The molecular weight excluding hydrogens is 368 g/mol. The Morgan fingerprint density at radius 2 is 2.14 bits per heavy atom. The van der Waals surface area contributed by atoms with Gasteiger partial charge in [-0.05, 0) is 43.8 Å². The number of hydrogen-bond donors (Lipinski definition) is 0. The molecule has 3 saturated carbocycles. The van der Waals surface area contributed by atoms with Crippen molar-refractivity contribution in [2.24, 2.45) is 16.7 Å². The molecule has 0 amide bonds. The molecule has 8 nitrogen and oxygen atoms in total. The van der Waals surface area contributed by atoms with Crippen LogP contribution in [0.2, 0.25) is 0 Å². The summed E-state index contributed by atoms with van der Waals surface area (Å²) in [7, 11) is 1.57. The number of carbonyl (C=O) groups is 3. The van der Waals surface area contributed by atoms with E-state index in [0.717, 1.165) is 6.42 Å². The normalized spacial score (nSPS) is 48.1. The number of methoxy groups -OCH3 is 1. The van der Waals surface area contributed by atoms with Crippen LogP contribution < -0.4 is 0 Å². The van der Waals surface area contributed by atoms with Crippen LogP contribution in [0.5, 0.6) is 0 Å². The lowest BCUT2D eigenvalue weighted by atomic mass is 9.41. The number of carbonyl (C=O) groups excluding carboxylic acids is 3. The molecule has 0 aromatic heterocycles. The summed E-state index contributed by atoms with van der Waals surface area (Å²) in [6.45, 7) is 1.50. The third-order valence-corrected chi connectivity index (χ3v) is 7.68. The number of ether oxygens (including phenoxy) is 5. The number of rotatable bonds is 4. The molecule has 2 saturated heterocycles. The van der Waals surface area contributed by atoms with Gasteiger partial charge in [0.05, 0.1) is 11.5 Å². The average molecular weight is 392 g/mol. The van der Waals surface area contributed by atoms with E-state index in [1.807, 2.05) is 0 Å². The number of cyclic esters (lactones) is 1. The Morgan fingerprint density at radius 3 is 2.89 bits per heavy atom. The Morgan fingerprint density at radius 1 is 1.32 bits per heavy atom. The standard InChI is InChI=1S/C20H24O8/c1-11(21)27-15-4-3-13(22)16-19(15)9-25-17(23)20(28-16)7-12-5-6-18(19,20)8-14(12)26-10-24-2/h3-4,12,14-16H,5-10H2,1-2H3/t12-,14?,15+,16+,18-,19-,20+/m1/s1. The van der Waals surface area contributed by atoms with E-state index < -0.39 is 40.6 Å². The minimum atomic E-state index is -1.19. The Hall–Kier alpha value is -1.77. The molecule has 0 aromatic rings. The van der Waals surface area contributed by atoms with Crippen LogP contribution in [0.25, 0.3) is 0 Å². The summed E-state index contributed by atoms with van der Waals surface area (Å²) in [5, 5.41) is 0. The van der Waals surface area contributed by atoms with E-state index >= 15 is 0 Å². The fourth-order valence-electron chi connectivity index (χ4n) is 6.68. The van der Waals surface area contributed by atoms with Crippen LogP contribution >= 0.6 is 0 Å². The van der Waals surface area contributed by atoms with Crippen LogP contribution in [0.4, 0.5) is 0 Å². The zero-order chi connectivity index (χ0) is 19.7. The first kappa shape index (κ1) is 18.3. The second kappa shape index (κ2) is 5.87. The van der Waals surface area contributed by atoms with Gasteiger partial charge in [-0.2, -0.15) is 0 Å². The largest absolute Gasteiger partial charge is 0.463 e. The van der Waals surface area contributed by atoms with Crippen LogP contribution in [-0.2, 0) is 38.1 Å². The van der Waals surface area contributed by atoms with E-state index in [0.29, 0.717) is 19.3 Å². The lowest BCUT2D eigenvalue weighted by Crippen LogP contribution is -2.73.